The molecule has 0 aliphatic rings. The molecule has 17 heavy (non-hydrogen) atoms. The third-order valence-electron chi connectivity index (χ3n) is 2.64. The molecule has 2 aromatic heterocycles. The van der Waals surface area contributed by atoms with Gasteiger partial charge in [0.2, 0.25) is 0 Å². The first-order valence-corrected chi connectivity index (χ1v) is 5.59. The molecule has 0 bridgehead atoms. The van der Waals surface area contributed by atoms with Crippen molar-refractivity contribution in [1.29, 1.82) is 0 Å². The molecule has 90 valence electrons. The summed E-state index contributed by atoms with van der Waals surface area (Å²) in [6, 6.07) is 7.31. The van der Waals surface area contributed by atoms with Crippen molar-refractivity contribution in [2.45, 2.75) is 26.4 Å². The Kier molecular flexibility index (Phi) is 3.44. The van der Waals surface area contributed by atoms with Crippen LogP contribution in [-0.2, 0) is 6.54 Å². The van der Waals surface area contributed by atoms with Crippen molar-refractivity contribution in [1.82, 2.24) is 10.3 Å². The van der Waals surface area contributed by atoms with E-state index in [4.69, 9.17) is 4.42 Å². The number of nitrogens with one attached hydrogen (secondary N) is 1. The van der Waals surface area contributed by atoms with Crippen LogP contribution in [0.5, 0.6) is 5.75 Å². The van der Waals surface area contributed by atoms with Gasteiger partial charge in [0.25, 0.3) is 0 Å². The molecular weight excluding hydrogens is 216 g/mol. The molecule has 0 fully saturated rings. The molecule has 2 rings (SSSR count). The van der Waals surface area contributed by atoms with Crippen LogP contribution in [0.25, 0.3) is 0 Å². The van der Waals surface area contributed by atoms with E-state index in [0.29, 0.717) is 12.2 Å². The molecule has 2 heterocycles. The lowest BCUT2D eigenvalue weighted by Crippen LogP contribution is -2.18. The summed E-state index contributed by atoms with van der Waals surface area (Å²) < 4.78 is 5.29. The monoisotopic (exact) mass is 232 g/mol. The van der Waals surface area contributed by atoms with Gasteiger partial charge < -0.3 is 14.8 Å². The zero-order valence-corrected chi connectivity index (χ0v) is 9.97. The molecule has 0 saturated heterocycles. The number of furan rings is 1. The summed E-state index contributed by atoms with van der Waals surface area (Å²) in [6.07, 6.45) is 1.65. The fourth-order valence-electron chi connectivity index (χ4n) is 1.62. The van der Waals surface area contributed by atoms with E-state index in [9.17, 15) is 5.11 Å². The van der Waals surface area contributed by atoms with Gasteiger partial charge in [-0.3, -0.25) is 4.98 Å². The average Bonchev–Trinajstić information content (AvgIpc) is 2.83. The lowest BCUT2D eigenvalue weighted by Gasteiger charge is -2.11. The van der Waals surface area contributed by atoms with E-state index in [1.807, 2.05) is 26.0 Å². The van der Waals surface area contributed by atoms with Crippen molar-refractivity contribution >= 4 is 0 Å². The van der Waals surface area contributed by atoms with Gasteiger partial charge in [0.1, 0.15) is 11.5 Å². The van der Waals surface area contributed by atoms with E-state index in [1.54, 1.807) is 18.4 Å². The minimum absolute atomic E-state index is 0.0895. The number of aryl methyl sites for hydroxylation is 1. The van der Waals surface area contributed by atoms with Crippen molar-refractivity contribution < 1.29 is 9.52 Å². The predicted molar refractivity (Wildman–Crippen MR) is 64.6 cm³/mol. The van der Waals surface area contributed by atoms with Gasteiger partial charge in [-0.1, -0.05) is 0 Å². The van der Waals surface area contributed by atoms with Crippen LogP contribution in [0.2, 0.25) is 0 Å². The first kappa shape index (κ1) is 11.7. The quantitative estimate of drug-likeness (QED) is 0.850. The number of pyridine rings is 1. The summed E-state index contributed by atoms with van der Waals surface area (Å²) in [6.45, 7) is 4.42. The molecule has 2 aromatic rings. The fraction of sp³-hybridized carbons (Fsp3) is 0.308. The van der Waals surface area contributed by atoms with E-state index in [2.05, 4.69) is 10.3 Å². The summed E-state index contributed by atoms with van der Waals surface area (Å²) in [7, 11) is 0. The van der Waals surface area contributed by atoms with Gasteiger partial charge in [-0.15, -0.1) is 0 Å². The summed E-state index contributed by atoms with van der Waals surface area (Å²) in [4.78, 5) is 4.28. The normalized spacial score (nSPS) is 12.6. The number of hydrogen-bond acceptors (Lipinski definition) is 4. The zero-order chi connectivity index (χ0) is 12.3. The Hall–Kier alpha value is -1.81. The summed E-state index contributed by atoms with van der Waals surface area (Å²) in [5, 5.41) is 12.9. The highest BCUT2D eigenvalue weighted by Crippen LogP contribution is 2.17. The maximum atomic E-state index is 9.65. The summed E-state index contributed by atoms with van der Waals surface area (Å²) in [5.74, 6) is 1.09. The largest absolute Gasteiger partial charge is 0.506 e. The molecule has 0 spiro atoms. The molecular formula is C13H16N2O2. The van der Waals surface area contributed by atoms with E-state index in [1.165, 1.54) is 0 Å². The van der Waals surface area contributed by atoms with Gasteiger partial charge >= 0.3 is 0 Å². The summed E-state index contributed by atoms with van der Waals surface area (Å²) in [5.41, 5.74) is 1.55. The lowest BCUT2D eigenvalue weighted by molar-refractivity contribution is 0.418. The van der Waals surface area contributed by atoms with Crippen LogP contribution in [0.15, 0.2) is 34.9 Å². The van der Waals surface area contributed by atoms with Gasteiger partial charge in [-0.25, -0.2) is 0 Å². The zero-order valence-electron chi connectivity index (χ0n) is 9.97. The molecule has 1 atom stereocenters. The van der Waals surface area contributed by atoms with Gasteiger partial charge in [0.15, 0.2) is 0 Å². The maximum Gasteiger partial charge on any atom is 0.138 e. The number of aromatic nitrogens is 1. The number of aromatic hydroxyl groups is 1. The smallest absolute Gasteiger partial charge is 0.138 e. The first-order chi connectivity index (χ1) is 8.16. The highest BCUT2D eigenvalue weighted by Gasteiger charge is 2.09. The number of hydrogen-bond donors (Lipinski definition) is 2. The average molecular weight is 232 g/mol. The lowest BCUT2D eigenvalue weighted by atomic mass is 10.2. The Morgan fingerprint density at radius 1 is 1.41 bits per heavy atom. The van der Waals surface area contributed by atoms with Crippen LogP contribution in [0.4, 0.5) is 0 Å². The molecule has 4 nitrogen and oxygen atoms in total. The second kappa shape index (κ2) is 5.01. The third kappa shape index (κ3) is 2.85. The Labute approximate surface area is 100 Å². The third-order valence-corrected chi connectivity index (χ3v) is 2.64. The molecule has 2 N–H and O–H groups in total. The molecule has 0 amide bonds. The number of nitrogens with zero attached hydrogens (tertiary/aromatic N) is 1. The maximum absolute atomic E-state index is 9.65. The van der Waals surface area contributed by atoms with Gasteiger partial charge in [0, 0.05) is 12.2 Å². The molecule has 0 aliphatic heterocycles. The highest BCUT2D eigenvalue weighted by molar-refractivity contribution is 5.27. The molecule has 1 unspecified atom stereocenters. The van der Waals surface area contributed by atoms with E-state index >= 15 is 0 Å². The Morgan fingerprint density at radius 2 is 2.24 bits per heavy atom. The second-order valence-corrected chi connectivity index (χ2v) is 4.04. The van der Waals surface area contributed by atoms with Crippen molar-refractivity contribution in [2.75, 3.05) is 0 Å². The second-order valence-electron chi connectivity index (χ2n) is 4.04. The Bertz CT molecular complexity index is 480. The molecule has 0 aromatic carbocycles. The van der Waals surface area contributed by atoms with E-state index < -0.39 is 0 Å². The van der Waals surface area contributed by atoms with Gasteiger partial charge in [0.05, 0.1) is 18.0 Å². The predicted octanol–water partition coefficient (Wildman–Crippen LogP) is 2.54. The molecule has 4 heteroatoms. The van der Waals surface area contributed by atoms with Crippen molar-refractivity contribution in [3.05, 3.63) is 47.7 Å². The van der Waals surface area contributed by atoms with Gasteiger partial charge in [-0.05, 0) is 38.1 Å². The topological polar surface area (TPSA) is 58.3 Å². The van der Waals surface area contributed by atoms with Crippen LogP contribution in [0.1, 0.15) is 30.1 Å². The highest BCUT2D eigenvalue weighted by atomic mass is 16.3. The Balaban J connectivity index is 2.00. The fourth-order valence-corrected chi connectivity index (χ4v) is 1.62. The van der Waals surface area contributed by atoms with Crippen LogP contribution in [0.3, 0.4) is 0 Å². The minimum atomic E-state index is 0.0895. The minimum Gasteiger partial charge on any atom is -0.506 e. The van der Waals surface area contributed by atoms with E-state index in [0.717, 1.165) is 11.5 Å². The van der Waals surface area contributed by atoms with Crippen LogP contribution in [-0.4, -0.2) is 10.1 Å². The molecule has 0 saturated carbocycles. The summed E-state index contributed by atoms with van der Waals surface area (Å²) >= 11 is 0. The van der Waals surface area contributed by atoms with Crippen molar-refractivity contribution in [3.8, 4) is 5.75 Å². The standard InChI is InChI=1S/C13H16N2O2/c1-9-5-6-12(16)11(15-9)8-14-10(2)13-4-3-7-17-13/h3-7,10,14,16H,8H2,1-2H3. The van der Waals surface area contributed by atoms with Crippen LogP contribution < -0.4 is 5.32 Å². The number of rotatable bonds is 4. The Morgan fingerprint density at radius 3 is 2.94 bits per heavy atom. The first-order valence-electron chi connectivity index (χ1n) is 5.59. The van der Waals surface area contributed by atoms with Gasteiger partial charge in [-0.2, -0.15) is 0 Å². The molecule has 0 radical (unpaired) electrons. The van der Waals surface area contributed by atoms with Crippen molar-refractivity contribution in [3.63, 3.8) is 0 Å². The van der Waals surface area contributed by atoms with Crippen LogP contribution in [0, 0.1) is 6.92 Å². The van der Waals surface area contributed by atoms with E-state index in [-0.39, 0.29) is 11.8 Å². The molecule has 0 aliphatic carbocycles. The van der Waals surface area contributed by atoms with Crippen molar-refractivity contribution in [2.24, 2.45) is 0 Å². The SMILES string of the molecule is Cc1ccc(O)c(CNC(C)c2ccco2)n1. The van der Waals surface area contributed by atoms with Crippen LogP contribution >= 0.6 is 0 Å².